The minimum Gasteiger partial charge on any atom is -0.441 e. The van der Waals surface area contributed by atoms with Gasteiger partial charge in [-0.1, -0.05) is 17.7 Å². The highest BCUT2D eigenvalue weighted by atomic mass is 35.5. The van der Waals surface area contributed by atoms with Crippen molar-refractivity contribution in [2.24, 2.45) is 0 Å². The van der Waals surface area contributed by atoms with Gasteiger partial charge in [-0.25, -0.2) is 4.98 Å². The Kier molecular flexibility index (Phi) is 6.25. The molecule has 1 aromatic heterocycles. The lowest BCUT2D eigenvalue weighted by Crippen LogP contribution is -2.39. The molecule has 0 N–H and O–H groups in total. The summed E-state index contributed by atoms with van der Waals surface area (Å²) in [7, 11) is 0. The fraction of sp³-hybridized carbons (Fsp3) is 0.294. The number of hydrogen-bond donors (Lipinski definition) is 0. The molecule has 1 heterocycles. The van der Waals surface area contributed by atoms with Crippen molar-refractivity contribution in [1.82, 2.24) is 9.88 Å². The highest BCUT2D eigenvalue weighted by Crippen LogP contribution is 2.23. The monoisotopic (exact) mass is 372 g/mol. The number of hydrogen-bond acceptors (Lipinski definition) is 3. The first-order valence-electron chi connectivity index (χ1n) is 7.44. The zero-order valence-electron chi connectivity index (χ0n) is 13.2. The molecule has 0 saturated carbocycles. The number of aromatic nitrogens is 1. The van der Waals surface area contributed by atoms with Crippen molar-refractivity contribution in [3.63, 3.8) is 0 Å². The Bertz CT molecular complexity index is 726. The number of carbonyl (C=O) groups is 1. The predicted octanol–water partition coefficient (Wildman–Crippen LogP) is 4.50. The molecule has 134 valence electrons. The van der Waals surface area contributed by atoms with Gasteiger partial charge in [0.2, 0.25) is 5.91 Å². The number of oxazole rings is 1. The Hall–Kier alpha value is -2.28. The fourth-order valence-electron chi connectivity index (χ4n) is 2.17. The van der Waals surface area contributed by atoms with Crippen LogP contribution in [0.25, 0.3) is 11.3 Å². The first-order valence-corrected chi connectivity index (χ1v) is 7.82. The second-order valence-electron chi connectivity index (χ2n) is 5.30. The van der Waals surface area contributed by atoms with Gasteiger partial charge in [-0.2, -0.15) is 13.2 Å². The van der Waals surface area contributed by atoms with E-state index in [-0.39, 0.29) is 25.3 Å². The van der Waals surface area contributed by atoms with Crippen LogP contribution in [0.15, 0.2) is 47.5 Å². The summed E-state index contributed by atoms with van der Waals surface area (Å²) in [5, 5.41) is 0.584. The number of nitrogens with zero attached hydrogens (tertiary/aromatic N) is 2. The molecule has 0 bridgehead atoms. The van der Waals surface area contributed by atoms with Crippen LogP contribution in [-0.2, 0) is 11.2 Å². The molecule has 4 nitrogen and oxygen atoms in total. The van der Waals surface area contributed by atoms with Gasteiger partial charge in [-0.3, -0.25) is 4.79 Å². The summed E-state index contributed by atoms with van der Waals surface area (Å²) in [6, 6.07) is 6.92. The summed E-state index contributed by atoms with van der Waals surface area (Å²) in [6.07, 6.45) is -1.72. The van der Waals surface area contributed by atoms with Crippen LogP contribution in [0.2, 0.25) is 5.02 Å². The van der Waals surface area contributed by atoms with E-state index in [0.717, 1.165) is 5.56 Å². The second kappa shape index (κ2) is 8.20. The van der Waals surface area contributed by atoms with E-state index >= 15 is 0 Å². The van der Waals surface area contributed by atoms with Crippen LogP contribution in [0.4, 0.5) is 13.2 Å². The zero-order chi connectivity index (χ0) is 18.4. The summed E-state index contributed by atoms with van der Waals surface area (Å²) in [5.41, 5.74) is 0.764. The Morgan fingerprint density at radius 3 is 2.60 bits per heavy atom. The molecule has 0 aliphatic carbocycles. The molecule has 25 heavy (non-hydrogen) atoms. The maximum Gasteiger partial charge on any atom is 0.406 e. The molecular weight excluding hydrogens is 357 g/mol. The van der Waals surface area contributed by atoms with Gasteiger partial charge in [0.15, 0.2) is 11.7 Å². The second-order valence-corrected chi connectivity index (χ2v) is 5.74. The molecule has 0 fully saturated rings. The van der Waals surface area contributed by atoms with Crippen LogP contribution in [0.5, 0.6) is 0 Å². The van der Waals surface area contributed by atoms with Gasteiger partial charge in [-0.05, 0) is 24.3 Å². The number of halogens is 4. The zero-order valence-corrected chi connectivity index (χ0v) is 14.0. The Morgan fingerprint density at radius 1 is 1.32 bits per heavy atom. The van der Waals surface area contributed by atoms with Crippen molar-refractivity contribution < 1.29 is 22.4 Å². The van der Waals surface area contributed by atoms with Crippen molar-refractivity contribution in [1.29, 1.82) is 0 Å². The third-order valence-electron chi connectivity index (χ3n) is 3.31. The number of alkyl halides is 3. The van der Waals surface area contributed by atoms with Gasteiger partial charge in [0.05, 0.1) is 6.20 Å². The summed E-state index contributed by atoms with van der Waals surface area (Å²) >= 11 is 5.81. The number of aryl methyl sites for hydroxylation is 1. The molecule has 0 saturated heterocycles. The average molecular weight is 373 g/mol. The average Bonchev–Trinajstić information content (AvgIpc) is 3.00. The van der Waals surface area contributed by atoms with E-state index < -0.39 is 18.6 Å². The van der Waals surface area contributed by atoms with Crippen LogP contribution in [-0.4, -0.2) is 35.1 Å². The van der Waals surface area contributed by atoms with Crippen molar-refractivity contribution >= 4 is 17.5 Å². The molecule has 2 rings (SSSR count). The standard InChI is InChI=1S/C17H16ClF3N2O2/c1-2-9-23(11-17(19,20)21)16(24)8-7-15-22-10-14(25-15)12-3-5-13(18)6-4-12/h2-6,10H,1,7-9,11H2. The van der Waals surface area contributed by atoms with E-state index in [0.29, 0.717) is 15.7 Å². The largest absolute Gasteiger partial charge is 0.441 e. The van der Waals surface area contributed by atoms with E-state index in [1.807, 2.05) is 0 Å². The Balaban J connectivity index is 1.97. The Labute approximate surface area is 147 Å². The molecule has 0 aliphatic rings. The summed E-state index contributed by atoms with van der Waals surface area (Å²) in [6.45, 7) is 1.90. The summed E-state index contributed by atoms with van der Waals surface area (Å²) in [5.74, 6) is 0.143. The molecule has 0 unspecified atom stereocenters. The van der Waals surface area contributed by atoms with Gasteiger partial charge in [0.1, 0.15) is 6.54 Å². The van der Waals surface area contributed by atoms with Crippen LogP contribution in [0.3, 0.4) is 0 Å². The predicted molar refractivity (Wildman–Crippen MR) is 88.1 cm³/mol. The summed E-state index contributed by atoms with van der Waals surface area (Å²) in [4.78, 5) is 16.8. The topological polar surface area (TPSA) is 46.3 Å². The molecule has 8 heteroatoms. The minimum absolute atomic E-state index is 0.109. The highest BCUT2D eigenvalue weighted by Gasteiger charge is 2.32. The molecule has 0 atom stereocenters. The third-order valence-corrected chi connectivity index (χ3v) is 3.56. The number of carbonyl (C=O) groups excluding carboxylic acids is 1. The minimum atomic E-state index is -4.46. The lowest BCUT2D eigenvalue weighted by Gasteiger charge is -2.22. The summed E-state index contributed by atoms with van der Waals surface area (Å²) < 4.78 is 43.0. The fourth-order valence-corrected chi connectivity index (χ4v) is 2.30. The van der Waals surface area contributed by atoms with Crippen LogP contribution < -0.4 is 0 Å². The molecule has 2 aromatic rings. The van der Waals surface area contributed by atoms with Crippen molar-refractivity contribution in [2.75, 3.05) is 13.1 Å². The first-order chi connectivity index (χ1) is 11.8. The van der Waals surface area contributed by atoms with Gasteiger partial charge >= 0.3 is 6.18 Å². The van der Waals surface area contributed by atoms with E-state index in [1.165, 1.54) is 12.3 Å². The van der Waals surface area contributed by atoms with Gasteiger partial charge in [0.25, 0.3) is 0 Å². The molecule has 1 amide bonds. The van der Waals surface area contributed by atoms with Crippen molar-refractivity contribution in [3.05, 3.63) is 54.0 Å². The normalized spacial score (nSPS) is 11.4. The maximum absolute atomic E-state index is 12.5. The number of benzene rings is 1. The maximum atomic E-state index is 12.5. The molecular formula is C17H16ClF3N2O2. The Morgan fingerprint density at radius 2 is 2.00 bits per heavy atom. The van der Waals surface area contributed by atoms with Gasteiger partial charge in [0, 0.05) is 30.0 Å². The van der Waals surface area contributed by atoms with Crippen LogP contribution in [0.1, 0.15) is 12.3 Å². The molecule has 1 aromatic carbocycles. The lowest BCUT2D eigenvalue weighted by molar-refractivity contribution is -0.160. The first kappa shape index (κ1) is 19.1. The van der Waals surface area contributed by atoms with Crippen LogP contribution in [0, 0.1) is 0 Å². The van der Waals surface area contributed by atoms with E-state index in [9.17, 15) is 18.0 Å². The third kappa shape index (κ3) is 5.94. The van der Waals surface area contributed by atoms with E-state index in [1.54, 1.807) is 24.3 Å². The van der Waals surface area contributed by atoms with E-state index in [4.69, 9.17) is 16.0 Å². The van der Waals surface area contributed by atoms with Gasteiger partial charge < -0.3 is 9.32 Å². The smallest absolute Gasteiger partial charge is 0.406 e. The molecule has 0 radical (unpaired) electrons. The van der Waals surface area contributed by atoms with Gasteiger partial charge in [-0.15, -0.1) is 6.58 Å². The highest BCUT2D eigenvalue weighted by molar-refractivity contribution is 6.30. The van der Waals surface area contributed by atoms with Crippen molar-refractivity contribution in [2.45, 2.75) is 19.0 Å². The molecule has 0 spiro atoms. The quantitative estimate of drug-likeness (QED) is 0.672. The lowest BCUT2D eigenvalue weighted by atomic mass is 10.2. The van der Waals surface area contributed by atoms with Crippen molar-refractivity contribution in [3.8, 4) is 11.3 Å². The van der Waals surface area contributed by atoms with Crippen LogP contribution >= 0.6 is 11.6 Å². The molecule has 0 aliphatic heterocycles. The number of rotatable bonds is 7. The van der Waals surface area contributed by atoms with E-state index in [2.05, 4.69) is 11.6 Å². The SMILES string of the molecule is C=CCN(CC(F)(F)F)C(=O)CCc1ncc(-c2ccc(Cl)cc2)o1. The number of amides is 1.